The van der Waals surface area contributed by atoms with Gasteiger partial charge < -0.3 is 9.88 Å². The van der Waals surface area contributed by atoms with Crippen LogP contribution in [0.5, 0.6) is 0 Å². The van der Waals surface area contributed by atoms with Gasteiger partial charge in [-0.15, -0.1) is 0 Å². The maximum absolute atomic E-state index is 4.72. The first kappa shape index (κ1) is 17.7. The van der Waals surface area contributed by atoms with Crippen molar-refractivity contribution < 1.29 is 0 Å². The molecule has 2 aromatic rings. The van der Waals surface area contributed by atoms with E-state index in [-0.39, 0.29) is 0 Å². The molecule has 0 aromatic carbocycles. The van der Waals surface area contributed by atoms with Crippen LogP contribution in [0.2, 0.25) is 0 Å². The third-order valence-electron chi connectivity index (χ3n) is 6.37. The Hall–Kier alpha value is -1.66. The molecule has 0 radical (unpaired) electrons. The van der Waals surface area contributed by atoms with Crippen LogP contribution in [-0.2, 0) is 20.1 Å². The molecule has 2 fully saturated rings. The fourth-order valence-electron chi connectivity index (χ4n) is 4.47. The van der Waals surface area contributed by atoms with Gasteiger partial charge in [-0.25, -0.2) is 4.98 Å². The summed E-state index contributed by atoms with van der Waals surface area (Å²) in [5.74, 6) is 1.15. The van der Waals surface area contributed by atoms with Gasteiger partial charge in [-0.05, 0) is 58.5 Å². The van der Waals surface area contributed by atoms with Crippen molar-refractivity contribution in [1.29, 1.82) is 0 Å². The predicted octanol–water partition coefficient (Wildman–Crippen LogP) is 2.65. The highest BCUT2D eigenvalue weighted by Gasteiger charge is 2.56. The van der Waals surface area contributed by atoms with Crippen molar-refractivity contribution >= 4 is 0 Å². The van der Waals surface area contributed by atoms with Crippen LogP contribution in [0.4, 0.5) is 0 Å². The van der Waals surface area contributed by atoms with Crippen LogP contribution in [0.15, 0.2) is 18.6 Å². The second-order valence-electron chi connectivity index (χ2n) is 8.51. The number of nitrogens with zero attached hydrogens (tertiary/aromatic N) is 5. The molecule has 1 aliphatic heterocycles. The fourth-order valence-corrected chi connectivity index (χ4v) is 4.47. The Bertz CT molecular complexity index is 752. The van der Waals surface area contributed by atoms with E-state index < -0.39 is 0 Å². The Labute approximate surface area is 156 Å². The van der Waals surface area contributed by atoms with Crippen LogP contribution in [0.3, 0.4) is 0 Å². The van der Waals surface area contributed by atoms with Crippen LogP contribution < -0.4 is 5.32 Å². The van der Waals surface area contributed by atoms with E-state index in [1.165, 1.54) is 24.8 Å². The minimum Gasteiger partial charge on any atom is -0.337 e. The normalized spacial score (nSPS) is 21.8. The standard InChI is InChI=1S/C20H32N6/c1-15(2)26-13-17(16(3)23-26)12-25(14-19-22-9-10-24(19)4)18-11-20(18)5-7-21-8-6-20/h9-10,13,15,18,21H,5-8,11-12,14H2,1-4H3. The molecule has 0 bridgehead atoms. The number of hydrogen-bond donors (Lipinski definition) is 1. The third kappa shape index (κ3) is 3.32. The van der Waals surface area contributed by atoms with E-state index in [2.05, 4.69) is 58.5 Å². The number of piperidine rings is 1. The minimum atomic E-state index is 0.405. The van der Waals surface area contributed by atoms with Crippen LogP contribution in [0.25, 0.3) is 0 Å². The Morgan fingerprint density at radius 3 is 2.69 bits per heavy atom. The van der Waals surface area contributed by atoms with Gasteiger partial charge in [0.25, 0.3) is 0 Å². The number of rotatable bonds is 6. The summed E-state index contributed by atoms with van der Waals surface area (Å²) in [4.78, 5) is 7.24. The van der Waals surface area contributed by atoms with Crippen LogP contribution in [-0.4, -0.2) is 43.4 Å². The van der Waals surface area contributed by atoms with Crippen molar-refractivity contribution in [1.82, 2.24) is 29.5 Å². The lowest BCUT2D eigenvalue weighted by Crippen LogP contribution is -2.36. The average Bonchev–Trinajstić information content (AvgIpc) is 2.94. The SMILES string of the molecule is Cc1nn(C(C)C)cc1CN(Cc1nccn1C)C1CC12CCNCC2. The zero-order chi connectivity index (χ0) is 18.3. The first-order valence-electron chi connectivity index (χ1n) is 9.94. The smallest absolute Gasteiger partial charge is 0.122 e. The molecular weight excluding hydrogens is 324 g/mol. The van der Waals surface area contributed by atoms with Gasteiger partial charge in [0.2, 0.25) is 0 Å². The number of imidazole rings is 1. The second kappa shape index (κ2) is 6.82. The molecule has 1 atom stereocenters. The van der Waals surface area contributed by atoms with E-state index in [1.807, 2.05) is 12.4 Å². The van der Waals surface area contributed by atoms with Gasteiger partial charge in [0.15, 0.2) is 0 Å². The summed E-state index contributed by atoms with van der Waals surface area (Å²) in [6, 6.07) is 1.07. The second-order valence-corrected chi connectivity index (χ2v) is 8.51. The molecule has 4 rings (SSSR count). The molecule has 142 valence electrons. The van der Waals surface area contributed by atoms with Crippen molar-refractivity contribution in [3.63, 3.8) is 0 Å². The van der Waals surface area contributed by atoms with Crippen molar-refractivity contribution in [2.75, 3.05) is 13.1 Å². The van der Waals surface area contributed by atoms with Gasteiger partial charge in [0.05, 0.1) is 12.2 Å². The molecule has 1 unspecified atom stereocenters. The van der Waals surface area contributed by atoms with Gasteiger partial charge in [-0.2, -0.15) is 5.10 Å². The van der Waals surface area contributed by atoms with Crippen LogP contribution >= 0.6 is 0 Å². The highest BCUT2D eigenvalue weighted by atomic mass is 15.3. The molecule has 2 aliphatic rings. The van der Waals surface area contributed by atoms with Gasteiger partial charge >= 0.3 is 0 Å². The first-order chi connectivity index (χ1) is 12.5. The monoisotopic (exact) mass is 356 g/mol. The third-order valence-corrected chi connectivity index (χ3v) is 6.37. The first-order valence-corrected chi connectivity index (χ1v) is 9.94. The zero-order valence-electron chi connectivity index (χ0n) is 16.6. The summed E-state index contributed by atoms with van der Waals surface area (Å²) in [5, 5.41) is 8.24. The minimum absolute atomic E-state index is 0.405. The van der Waals surface area contributed by atoms with E-state index in [0.29, 0.717) is 17.5 Å². The lowest BCUT2D eigenvalue weighted by molar-refractivity contribution is 0.182. The Kier molecular flexibility index (Phi) is 4.65. The van der Waals surface area contributed by atoms with E-state index in [9.17, 15) is 0 Å². The van der Waals surface area contributed by atoms with E-state index in [1.54, 1.807) is 0 Å². The number of aryl methyl sites for hydroxylation is 2. The Morgan fingerprint density at radius 1 is 1.31 bits per heavy atom. The molecule has 6 nitrogen and oxygen atoms in total. The van der Waals surface area contributed by atoms with Crippen molar-refractivity contribution in [3.8, 4) is 0 Å². The topological polar surface area (TPSA) is 50.9 Å². The summed E-state index contributed by atoms with van der Waals surface area (Å²) < 4.78 is 4.24. The van der Waals surface area contributed by atoms with Crippen molar-refractivity contribution in [2.45, 2.75) is 65.2 Å². The lowest BCUT2D eigenvalue weighted by atomic mass is 9.93. The molecular formula is C20H32N6. The van der Waals surface area contributed by atoms with Gasteiger partial charge in [0, 0.05) is 49.8 Å². The zero-order valence-corrected chi connectivity index (χ0v) is 16.6. The quantitative estimate of drug-likeness (QED) is 0.864. The molecule has 1 N–H and O–H groups in total. The van der Waals surface area contributed by atoms with Gasteiger partial charge in [0.1, 0.15) is 5.82 Å². The maximum Gasteiger partial charge on any atom is 0.122 e. The van der Waals surface area contributed by atoms with E-state index in [4.69, 9.17) is 5.10 Å². The molecule has 2 aromatic heterocycles. The lowest BCUT2D eigenvalue weighted by Gasteiger charge is -2.29. The van der Waals surface area contributed by atoms with Gasteiger partial charge in [-0.3, -0.25) is 9.58 Å². The van der Waals surface area contributed by atoms with E-state index in [0.717, 1.165) is 37.7 Å². The Balaban J connectivity index is 1.56. The number of hydrogen-bond acceptors (Lipinski definition) is 4. The Morgan fingerprint density at radius 2 is 2.08 bits per heavy atom. The summed E-state index contributed by atoms with van der Waals surface area (Å²) in [6.45, 7) is 10.7. The number of nitrogens with one attached hydrogen (secondary N) is 1. The summed E-state index contributed by atoms with van der Waals surface area (Å²) in [7, 11) is 2.09. The average molecular weight is 357 g/mol. The fraction of sp³-hybridized carbons (Fsp3) is 0.700. The van der Waals surface area contributed by atoms with Crippen LogP contribution in [0.1, 0.15) is 56.2 Å². The highest BCUT2D eigenvalue weighted by Crippen LogP contribution is 2.56. The molecule has 26 heavy (non-hydrogen) atoms. The molecule has 6 heteroatoms. The maximum atomic E-state index is 4.72. The molecule has 1 saturated heterocycles. The summed E-state index contributed by atoms with van der Waals surface area (Å²) in [6.07, 6.45) is 10.1. The van der Waals surface area contributed by atoms with Crippen molar-refractivity contribution in [3.05, 3.63) is 35.7 Å². The highest BCUT2D eigenvalue weighted by molar-refractivity contribution is 5.18. The van der Waals surface area contributed by atoms with Crippen molar-refractivity contribution in [2.24, 2.45) is 12.5 Å². The predicted molar refractivity (Wildman–Crippen MR) is 103 cm³/mol. The molecule has 1 aliphatic carbocycles. The molecule has 0 amide bonds. The molecule has 1 spiro atoms. The number of aromatic nitrogens is 4. The summed E-state index contributed by atoms with van der Waals surface area (Å²) >= 11 is 0. The largest absolute Gasteiger partial charge is 0.337 e. The summed E-state index contributed by atoms with van der Waals surface area (Å²) in [5.41, 5.74) is 3.03. The molecule has 3 heterocycles. The van der Waals surface area contributed by atoms with Crippen LogP contribution in [0, 0.1) is 12.3 Å². The molecule has 1 saturated carbocycles. The van der Waals surface area contributed by atoms with E-state index >= 15 is 0 Å². The van der Waals surface area contributed by atoms with Gasteiger partial charge in [-0.1, -0.05) is 0 Å².